The maximum atomic E-state index is 13.6. The van der Waals surface area contributed by atoms with Crippen LogP contribution in [0.2, 0.25) is 0 Å². The highest BCUT2D eigenvalue weighted by atomic mass is 19.1. The van der Waals surface area contributed by atoms with Crippen molar-refractivity contribution in [1.82, 2.24) is 9.97 Å². The van der Waals surface area contributed by atoms with Crippen molar-refractivity contribution in [2.75, 3.05) is 11.9 Å². The van der Waals surface area contributed by atoms with Crippen LogP contribution in [0.25, 0.3) is 12.3 Å². The highest BCUT2D eigenvalue weighted by Gasteiger charge is 2.10. The third kappa shape index (κ3) is 4.40. The first-order chi connectivity index (χ1) is 13.9. The zero-order chi connectivity index (χ0) is 21.0. The van der Waals surface area contributed by atoms with Crippen LogP contribution in [0.15, 0.2) is 47.5 Å². The number of anilines is 2. The molecule has 1 N–H and O–H groups in total. The Bertz CT molecular complexity index is 1160. The molecule has 0 radical (unpaired) electrons. The fourth-order valence-electron chi connectivity index (χ4n) is 2.89. The Labute approximate surface area is 168 Å². The summed E-state index contributed by atoms with van der Waals surface area (Å²) in [5.41, 5.74) is 2.59. The van der Waals surface area contributed by atoms with E-state index in [0.29, 0.717) is 16.3 Å². The molecule has 29 heavy (non-hydrogen) atoms. The van der Waals surface area contributed by atoms with Gasteiger partial charge in [0.25, 0.3) is 0 Å². The quantitative estimate of drug-likeness (QED) is 0.674. The number of aliphatic imine (C=N–C) groups is 1. The van der Waals surface area contributed by atoms with Gasteiger partial charge in [-0.05, 0) is 62.5 Å². The standard InChI is InChI=1S/C22H21FN4O2/c1-5-18-19(13-24-3)25-22(26-21(18)28)29-17-10-8-16(9-11-17)27(4)20-12-15(23)7-6-14(20)2/h5-13H,3H2,1-2,4H3,(H,25,26,28)/b18-5+,19-13+. The molecular formula is C22H21FN4O2. The molecule has 2 aromatic carbocycles. The number of aromatic hydroxyl groups is 1. The number of hydrogen-bond acceptors (Lipinski definition) is 6. The fraction of sp³-hybridized carbons (Fsp3) is 0.136. The van der Waals surface area contributed by atoms with Gasteiger partial charge in [-0.2, -0.15) is 9.97 Å². The minimum Gasteiger partial charge on any atom is -0.493 e. The summed E-state index contributed by atoms with van der Waals surface area (Å²) in [5, 5.41) is 10.9. The Morgan fingerprint density at radius 1 is 1.17 bits per heavy atom. The lowest BCUT2D eigenvalue weighted by atomic mass is 10.1. The lowest BCUT2D eigenvalue weighted by Gasteiger charge is -2.22. The van der Waals surface area contributed by atoms with Gasteiger partial charge in [0, 0.05) is 18.4 Å². The molecule has 0 spiro atoms. The summed E-state index contributed by atoms with van der Waals surface area (Å²) in [6.45, 7) is 7.09. The van der Waals surface area contributed by atoms with E-state index in [2.05, 4.69) is 21.7 Å². The lowest BCUT2D eigenvalue weighted by Crippen LogP contribution is -2.29. The Morgan fingerprint density at radius 2 is 1.90 bits per heavy atom. The minimum absolute atomic E-state index is 0.00919. The zero-order valence-corrected chi connectivity index (χ0v) is 16.4. The van der Waals surface area contributed by atoms with Gasteiger partial charge in [0.1, 0.15) is 11.6 Å². The van der Waals surface area contributed by atoms with Crippen LogP contribution in [0.1, 0.15) is 12.5 Å². The monoisotopic (exact) mass is 392 g/mol. The lowest BCUT2D eigenvalue weighted by molar-refractivity contribution is 0.400. The number of nitrogens with zero attached hydrogens (tertiary/aromatic N) is 4. The Balaban J connectivity index is 1.87. The van der Waals surface area contributed by atoms with Crippen LogP contribution in [0.4, 0.5) is 15.8 Å². The van der Waals surface area contributed by atoms with E-state index in [4.69, 9.17) is 4.74 Å². The number of benzene rings is 2. The van der Waals surface area contributed by atoms with Crippen LogP contribution >= 0.6 is 0 Å². The summed E-state index contributed by atoms with van der Waals surface area (Å²) in [6, 6.07) is 11.8. The molecule has 0 aliphatic carbocycles. The topological polar surface area (TPSA) is 70.8 Å². The fourth-order valence-corrected chi connectivity index (χ4v) is 2.89. The van der Waals surface area contributed by atoms with E-state index >= 15 is 0 Å². The van der Waals surface area contributed by atoms with Gasteiger partial charge in [0.15, 0.2) is 0 Å². The molecule has 1 aromatic heterocycles. The van der Waals surface area contributed by atoms with Crippen molar-refractivity contribution in [2.24, 2.45) is 4.99 Å². The summed E-state index contributed by atoms with van der Waals surface area (Å²) in [6.07, 6.45) is 3.10. The molecule has 1 heterocycles. The molecule has 0 bridgehead atoms. The van der Waals surface area contributed by atoms with Gasteiger partial charge in [0.05, 0.1) is 16.8 Å². The number of hydrogen-bond donors (Lipinski definition) is 1. The molecule has 0 aliphatic heterocycles. The molecule has 0 saturated carbocycles. The van der Waals surface area contributed by atoms with Crippen LogP contribution < -0.4 is 20.2 Å². The average molecular weight is 392 g/mol. The van der Waals surface area contributed by atoms with Crippen LogP contribution in [-0.2, 0) is 0 Å². The minimum atomic E-state index is -0.288. The molecular weight excluding hydrogens is 371 g/mol. The Morgan fingerprint density at radius 3 is 2.55 bits per heavy atom. The normalized spacial score (nSPS) is 12.1. The summed E-state index contributed by atoms with van der Waals surface area (Å²) < 4.78 is 19.3. The SMILES string of the molecule is C=N/C=c1/nc(Oc2ccc(N(C)c3cc(F)ccc3C)cc2)nc(O)/c1=C/C. The molecule has 0 saturated heterocycles. The van der Waals surface area contributed by atoms with E-state index in [0.717, 1.165) is 16.9 Å². The van der Waals surface area contributed by atoms with Gasteiger partial charge in [-0.25, -0.2) is 4.39 Å². The first kappa shape index (κ1) is 20.0. The van der Waals surface area contributed by atoms with E-state index in [9.17, 15) is 9.50 Å². The predicted molar refractivity (Wildman–Crippen MR) is 113 cm³/mol. The number of halogens is 1. The van der Waals surface area contributed by atoms with E-state index in [1.807, 2.05) is 31.0 Å². The smallest absolute Gasteiger partial charge is 0.325 e. The first-order valence-electron chi connectivity index (χ1n) is 8.90. The molecule has 3 aromatic rings. The predicted octanol–water partition coefficient (Wildman–Crippen LogP) is 3.43. The van der Waals surface area contributed by atoms with E-state index in [1.165, 1.54) is 18.3 Å². The van der Waals surface area contributed by atoms with Crippen LogP contribution in [0.3, 0.4) is 0 Å². The van der Waals surface area contributed by atoms with Gasteiger partial charge in [-0.1, -0.05) is 12.1 Å². The summed E-state index contributed by atoms with van der Waals surface area (Å²) in [4.78, 5) is 13.8. The second-order valence-electron chi connectivity index (χ2n) is 6.31. The maximum Gasteiger partial charge on any atom is 0.325 e. The second-order valence-corrected chi connectivity index (χ2v) is 6.31. The number of ether oxygens (including phenoxy) is 1. The highest BCUT2D eigenvalue weighted by Crippen LogP contribution is 2.29. The molecule has 0 aliphatic rings. The van der Waals surface area contributed by atoms with Crippen LogP contribution in [0, 0.1) is 12.7 Å². The number of rotatable bonds is 5. The van der Waals surface area contributed by atoms with Gasteiger partial charge in [-0.3, -0.25) is 4.99 Å². The Kier molecular flexibility index (Phi) is 5.87. The molecule has 7 heteroatoms. The van der Waals surface area contributed by atoms with Crippen molar-refractivity contribution in [1.29, 1.82) is 0 Å². The third-order valence-corrected chi connectivity index (χ3v) is 4.40. The molecule has 148 valence electrons. The van der Waals surface area contributed by atoms with E-state index in [1.54, 1.807) is 31.2 Å². The van der Waals surface area contributed by atoms with Crippen molar-refractivity contribution in [3.63, 3.8) is 0 Å². The molecule has 0 fully saturated rings. The van der Waals surface area contributed by atoms with Gasteiger partial charge in [-0.15, -0.1) is 0 Å². The first-order valence-corrected chi connectivity index (χ1v) is 8.90. The molecule has 3 rings (SSSR count). The second kappa shape index (κ2) is 8.52. The van der Waals surface area contributed by atoms with Crippen LogP contribution in [0.5, 0.6) is 17.6 Å². The summed E-state index contributed by atoms with van der Waals surface area (Å²) >= 11 is 0. The molecule has 0 unspecified atom stereocenters. The molecule has 0 amide bonds. The third-order valence-electron chi connectivity index (χ3n) is 4.40. The largest absolute Gasteiger partial charge is 0.493 e. The number of aryl methyl sites for hydroxylation is 1. The van der Waals surface area contributed by atoms with Gasteiger partial charge >= 0.3 is 6.01 Å². The van der Waals surface area contributed by atoms with Gasteiger partial charge < -0.3 is 14.7 Å². The van der Waals surface area contributed by atoms with Crippen molar-refractivity contribution < 1.29 is 14.2 Å². The molecule has 0 atom stereocenters. The average Bonchev–Trinajstić information content (AvgIpc) is 2.70. The van der Waals surface area contributed by atoms with E-state index in [-0.39, 0.29) is 17.7 Å². The summed E-state index contributed by atoms with van der Waals surface area (Å²) in [7, 11) is 1.86. The van der Waals surface area contributed by atoms with Gasteiger partial charge in [0.2, 0.25) is 5.88 Å². The summed E-state index contributed by atoms with van der Waals surface area (Å²) in [5.74, 6) is -0.00246. The highest BCUT2D eigenvalue weighted by molar-refractivity contribution is 5.66. The van der Waals surface area contributed by atoms with Crippen molar-refractivity contribution in [3.05, 3.63) is 64.4 Å². The number of aromatic nitrogens is 2. The molecule has 6 nitrogen and oxygen atoms in total. The maximum absolute atomic E-state index is 13.6. The Hall–Kier alpha value is -3.74. The van der Waals surface area contributed by atoms with Crippen LogP contribution in [-0.4, -0.2) is 28.8 Å². The van der Waals surface area contributed by atoms with Crippen molar-refractivity contribution in [3.8, 4) is 17.6 Å². The van der Waals surface area contributed by atoms with Crippen molar-refractivity contribution >= 4 is 30.4 Å². The zero-order valence-electron chi connectivity index (χ0n) is 16.4. The van der Waals surface area contributed by atoms with E-state index < -0.39 is 0 Å². The van der Waals surface area contributed by atoms with Crippen molar-refractivity contribution in [2.45, 2.75) is 13.8 Å².